The van der Waals surface area contributed by atoms with E-state index in [4.69, 9.17) is 4.74 Å². The molecule has 7 heteroatoms. The maximum absolute atomic E-state index is 13.0. The highest BCUT2D eigenvalue weighted by Gasteiger charge is 2.26. The zero-order chi connectivity index (χ0) is 19.7. The van der Waals surface area contributed by atoms with Crippen LogP contribution >= 0.6 is 0 Å². The maximum Gasteiger partial charge on any atom is 0.278 e. The molecule has 1 aliphatic heterocycles. The molecule has 0 saturated carbocycles. The molecule has 144 valence electrons. The number of anilines is 1. The Balaban J connectivity index is 1.52. The van der Waals surface area contributed by atoms with Gasteiger partial charge in [-0.15, -0.1) is 0 Å². The number of piperazine rings is 1. The third-order valence-corrected chi connectivity index (χ3v) is 5.17. The van der Waals surface area contributed by atoms with Gasteiger partial charge >= 0.3 is 0 Å². The Morgan fingerprint density at radius 1 is 1.00 bits per heavy atom. The Morgan fingerprint density at radius 3 is 2.36 bits per heavy atom. The topological polar surface area (TPSA) is 67.7 Å². The molecule has 0 aliphatic carbocycles. The molecule has 3 aromatic rings. The number of hydrogen-bond donors (Lipinski definition) is 0. The molecule has 1 amide bonds. The van der Waals surface area contributed by atoms with Crippen LogP contribution in [0.5, 0.6) is 5.75 Å². The molecular formula is C21H22N4O3. The minimum Gasteiger partial charge on any atom is -0.497 e. The molecule has 0 spiro atoms. The lowest BCUT2D eigenvalue weighted by molar-refractivity contribution is 0.0737. The van der Waals surface area contributed by atoms with Gasteiger partial charge in [0.2, 0.25) is 5.43 Å². The lowest BCUT2D eigenvalue weighted by atomic mass is 10.1. The van der Waals surface area contributed by atoms with Gasteiger partial charge in [-0.1, -0.05) is 12.1 Å². The van der Waals surface area contributed by atoms with E-state index in [9.17, 15) is 9.59 Å². The molecule has 7 nitrogen and oxygen atoms in total. The van der Waals surface area contributed by atoms with E-state index >= 15 is 0 Å². The highest BCUT2D eigenvalue weighted by Crippen LogP contribution is 2.21. The standard InChI is InChI=1S/C21H22N4O3/c1-23-18-6-4-3-5-17(18)20(26)19(22-23)21(27)25-13-11-24(12-14-25)15-7-9-16(28-2)10-8-15/h3-10H,11-14H2,1-2H3. The summed E-state index contributed by atoms with van der Waals surface area (Å²) in [5, 5.41) is 4.77. The number of carbonyl (C=O) groups is 1. The average Bonchev–Trinajstić information content (AvgIpc) is 2.76. The summed E-state index contributed by atoms with van der Waals surface area (Å²) in [6, 6.07) is 15.1. The van der Waals surface area contributed by atoms with Crippen LogP contribution in [0.25, 0.3) is 10.9 Å². The molecule has 2 heterocycles. The molecular weight excluding hydrogens is 356 g/mol. The fourth-order valence-corrected chi connectivity index (χ4v) is 3.58. The van der Waals surface area contributed by atoms with E-state index in [0.29, 0.717) is 37.1 Å². The minimum atomic E-state index is -0.309. The van der Waals surface area contributed by atoms with Crippen LogP contribution in [0.2, 0.25) is 0 Å². The molecule has 0 atom stereocenters. The molecule has 0 radical (unpaired) electrons. The third-order valence-electron chi connectivity index (χ3n) is 5.17. The van der Waals surface area contributed by atoms with Crippen molar-refractivity contribution in [2.24, 2.45) is 7.05 Å². The van der Waals surface area contributed by atoms with Gasteiger partial charge in [0, 0.05) is 44.3 Å². The van der Waals surface area contributed by atoms with Crippen LogP contribution in [0.4, 0.5) is 5.69 Å². The fourth-order valence-electron chi connectivity index (χ4n) is 3.58. The summed E-state index contributed by atoms with van der Waals surface area (Å²) in [4.78, 5) is 29.6. The van der Waals surface area contributed by atoms with Crippen LogP contribution in [-0.2, 0) is 7.05 Å². The molecule has 0 N–H and O–H groups in total. The van der Waals surface area contributed by atoms with Gasteiger partial charge in [0.15, 0.2) is 5.69 Å². The second-order valence-corrected chi connectivity index (χ2v) is 6.80. The smallest absolute Gasteiger partial charge is 0.278 e. The number of rotatable bonds is 3. The molecule has 4 rings (SSSR count). The Labute approximate surface area is 162 Å². The summed E-state index contributed by atoms with van der Waals surface area (Å²) in [5.41, 5.74) is 1.48. The van der Waals surface area contributed by atoms with Crippen molar-refractivity contribution in [1.82, 2.24) is 14.7 Å². The van der Waals surface area contributed by atoms with Crippen LogP contribution in [0, 0.1) is 0 Å². The maximum atomic E-state index is 13.0. The highest BCUT2D eigenvalue weighted by molar-refractivity contribution is 5.95. The first-order valence-corrected chi connectivity index (χ1v) is 9.23. The quantitative estimate of drug-likeness (QED) is 0.696. The first kappa shape index (κ1) is 18.0. The number of ether oxygens (including phenoxy) is 1. The second-order valence-electron chi connectivity index (χ2n) is 6.80. The first-order chi connectivity index (χ1) is 13.6. The number of hydrogen-bond acceptors (Lipinski definition) is 5. The van der Waals surface area contributed by atoms with Crippen molar-refractivity contribution in [3.05, 3.63) is 64.4 Å². The van der Waals surface area contributed by atoms with Crippen molar-refractivity contribution in [2.45, 2.75) is 0 Å². The lowest BCUT2D eigenvalue weighted by Gasteiger charge is -2.36. The molecule has 28 heavy (non-hydrogen) atoms. The summed E-state index contributed by atoms with van der Waals surface area (Å²) >= 11 is 0. The molecule has 1 aromatic heterocycles. The van der Waals surface area contributed by atoms with Crippen molar-refractivity contribution < 1.29 is 9.53 Å². The number of para-hydroxylation sites is 1. The van der Waals surface area contributed by atoms with Gasteiger partial charge in [-0.2, -0.15) is 5.10 Å². The number of fused-ring (bicyclic) bond motifs is 1. The SMILES string of the molecule is COc1ccc(N2CCN(C(=O)c3nn(C)c4ccccc4c3=O)CC2)cc1. The van der Waals surface area contributed by atoms with Crippen molar-refractivity contribution in [3.63, 3.8) is 0 Å². The van der Waals surface area contributed by atoms with Crippen LogP contribution in [-0.4, -0.2) is 53.9 Å². The number of aryl methyl sites for hydroxylation is 1. The van der Waals surface area contributed by atoms with Crippen molar-refractivity contribution in [2.75, 3.05) is 38.2 Å². The fraction of sp³-hybridized carbons (Fsp3) is 0.286. The van der Waals surface area contributed by atoms with Gasteiger partial charge in [-0.3, -0.25) is 14.3 Å². The van der Waals surface area contributed by atoms with Crippen molar-refractivity contribution >= 4 is 22.5 Å². The van der Waals surface area contributed by atoms with Crippen LogP contribution in [0.1, 0.15) is 10.5 Å². The van der Waals surface area contributed by atoms with Crippen LogP contribution < -0.4 is 15.1 Å². The Hall–Kier alpha value is -3.35. The van der Waals surface area contributed by atoms with Crippen molar-refractivity contribution in [3.8, 4) is 5.75 Å². The molecule has 0 unspecified atom stereocenters. The predicted molar refractivity (Wildman–Crippen MR) is 108 cm³/mol. The lowest BCUT2D eigenvalue weighted by Crippen LogP contribution is -2.50. The Kier molecular flexibility index (Phi) is 4.73. The largest absolute Gasteiger partial charge is 0.497 e. The third kappa shape index (κ3) is 3.19. The van der Waals surface area contributed by atoms with E-state index in [0.717, 1.165) is 11.4 Å². The van der Waals surface area contributed by atoms with E-state index in [-0.39, 0.29) is 17.0 Å². The monoisotopic (exact) mass is 378 g/mol. The van der Waals surface area contributed by atoms with Gasteiger partial charge in [0.05, 0.1) is 12.6 Å². The van der Waals surface area contributed by atoms with Gasteiger partial charge in [-0.05, 0) is 36.4 Å². The van der Waals surface area contributed by atoms with E-state index in [1.807, 2.05) is 36.4 Å². The van der Waals surface area contributed by atoms with E-state index < -0.39 is 0 Å². The second kappa shape index (κ2) is 7.34. The number of carbonyl (C=O) groups excluding carboxylic acids is 1. The van der Waals surface area contributed by atoms with E-state index in [1.165, 1.54) is 0 Å². The van der Waals surface area contributed by atoms with Crippen molar-refractivity contribution in [1.29, 1.82) is 0 Å². The summed E-state index contributed by atoms with van der Waals surface area (Å²) in [5.74, 6) is 0.511. The van der Waals surface area contributed by atoms with Crippen LogP contribution in [0.3, 0.4) is 0 Å². The molecule has 1 aliphatic rings. The number of methoxy groups -OCH3 is 1. The molecule has 0 bridgehead atoms. The average molecular weight is 378 g/mol. The zero-order valence-electron chi connectivity index (χ0n) is 16.0. The van der Waals surface area contributed by atoms with Gasteiger partial charge in [0.1, 0.15) is 5.75 Å². The normalized spacial score (nSPS) is 14.4. The Bertz CT molecular complexity index is 1070. The summed E-state index contributed by atoms with van der Waals surface area (Å²) < 4.78 is 6.79. The number of aromatic nitrogens is 2. The van der Waals surface area contributed by atoms with E-state index in [1.54, 1.807) is 35.9 Å². The molecule has 2 aromatic carbocycles. The zero-order valence-corrected chi connectivity index (χ0v) is 16.0. The predicted octanol–water partition coefficient (Wildman–Crippen LogP) is 1.90. The highest BCUT2D eigenvalue weighted by atomic mass is 16.5. The first-order valence-electron chi connectivity index (χ1n) is 9.23. The number of amides is 1. The molecule has 1 saturated heterocycles. The summed E-state index contributed by atoms with van der Waals surface area (Å²) in [6.45, 7) is 2.49. The van der Waals surface area contributed by atoms with Gasteiger partial charge in [0.25, 0.3) is 5.91 Å². The summed E-state index contributed by atoms with van der Waals surface area (Å²) in [7, 11) is 3.39. The number of nitrogens with zero attached hydrogens (tertiary/aromatic N) is 4. The van der Waals surface area contributed by atoms with E-state index in [2.05, 4.69) is 10.00 Å². The number of benzene rings is 2. The molecule has 1 fully saturated rings. The Morgan fingerprint density at radius 2 is 1.68 bits per heavy atom. The van der Waals surface area contributed by atoms with Gasteiger partial charge < -0.3 is 14.5 Å². The minimum absolute atomic E-state index is 0.0147. The van der Waals surface area contributed by atoms with Crippen LogP contribution in [0.15, 0.2) is 53.3 Å². The van der Waals surface area contributed by atoms with Gasteiger partial charge in [-0.25, -0.2) is 0 Å². The summed E-state index contributed by atoms with van der Waals surface area (Å²) in [6.07, 6.45) is 0.